The standard InChI is InChI=1S/C27H37N5/c1-20(2)21(3)16-25(28-5)26-17-22(4)32-19-24(8-9-27(32)29-26)31-14-10-23(11-15-31)18-30-12-6-7-13-30/h8-9,16-17,19,23H,1,4,6-7,10-15,18H2,2-3,5H3/b21-16+,28-25?. The van der Waals surface area contributed by atoms with Crippen LogP contribution in [0.2, 0.25) is 0 Å². The highest BCUT2D eigenvalue weighted by molar-refractivity contribution is 6.12. The van der Waals surface area contributed by atoms with Crippen LogP contribution in [0.1, 0.15) is 39.5 Å². The van der Waals surface area contributed by atoms with Crippen LogP contribution in [0, 0.1) is 5.92 Å². The molecule has 0 amide bonds. The fourth-order valence-corrected chi connectivity index (χ4v) is 4.79. The van der Waals surface area contributed by atoms with Gasteiger partial charge in [0.15, 0.2) is 0 Å². The lowest BCUT2D eigenvalue weighted by atomic mass is 9.95. The van der Waals surface area contributed by atoms with E-state index in [4.69, 9.17) is 4.99 Å². The van der Waals surface area contributed by atoms with Crippen LogP contribution in [-0.2, 0) is 0 Å². The molecule has 5 heteroatoms. The molecule has 0 unspecified atom stereocenters. The highest BCUT2D eigenvalue weighted by Crippen LogP contribution is 2.28. The summed E-state index contributed by atoms with van der Waals surface area (Å²) in [6.07, 6.45) is 15.9. The van der Waals surface area contributed by atoms with Crippen LogP contribution in [-0.4, -0.2) is 66.0 Å². The zero-order valence-electron chi connectivity index (χ0n) is 20.0. The molecule has 0 atom stereocenters. The second-order valence-corrected chi connectivity index (χ2v) is 9.40. The van der Waals surface area contributed by atoms with E-state index in [1.807, 2.05) is 19.1 Å². The Bertz CT molecular complexity index is 945. The average Bonchev–Trinajstić information content (AvgIpc) is 3.30. The SMILES string of the molecule is C=C(C)/C(C)=C/C(=NC)C1=CC(=C)N2C=C(N3CCC(CN4CCCC4)CC3)C=CC2=N1. The molecule has 170 valence electrons. The number of piperidine rings is 1. The van der Waals surface area contributed by atoms with Gasteiger partial charge in [-0.15, -0.1) is 0 Å². The van der Waals surface area contributed by atoms with E-state index in [0.29, 0.717) is 0 Å². The van der Waals surface area contributed by atoms with Crippen molar-refractivity contribution in [3.8, 4) is 0 Å². The average molecular weight is 432 g/mol. The second-order valence-electron chi connectivity index (χ2n) is 9.40. The van der Waals surface area contributed by atoms with Gasteiger partial charge in [0.1, 0.15) is 5.84 Å². The maximum absolute atomic E-state index is 4.87. The van der Waals surface area contributed by atoms with Crippen LogP contribution in [0.25, 0.3) is 0 Å². The zero-order valence-corrected chi connectivity index (χ0v) is 20.0. The van der Waals surface area contributed by atoms with Gasteiger partial charge in [-0.05, 0) is 88.4 Å². The van der Waals surface area contributed by atoms with Crippen LogP contribution in [0.15, 0.2) is 81.9 Å². The van der Waals surface area contributed by atoms with Crippen molar-refractivity contribution >= 4 is 11.5 Å². The summed E-state index contributed by atoms with van der Waals surface area (Å²) in [6, 6.07) is 0. The summed E-state index contributed by atoms with van der Waals surface area (Å²) in [5.41, 5.74) is 6.00. The van der Waals surface area contributed by atoms with Crippen molar-refractivity contribution < 1.29 is 0 Å². The van der Waals surface area contributed by atoms with Gasteiger partial charge in [-0.25, -0.2) is 4.99 Å². The van der Waals surface area contributed by atoms with E-state index in [2.05, 4.69) is 58.1 Å². The minimum atomic E-state index is 0.840. The van der Waals surface area contributed by atoms with Crippen molar-refractivity contribution in [2.75, 3.05) is 39.8 Å². The molecule has 0 aromatic rings. The summed E-state index contributed by atoms with van der Waals surface area (Å²) in [5.74, 6) is 1.73. The summed E-state index contributed by atoms with van der Waals surface area (Å²) in [4.78, 5) is 16.6. The van der Waals surface area contributed by atoms with Crippen molar-refractivity contribution in [2.45, 2.75) is 39.5 Å². The molecule has 2 fully saturated rings. The molecule has 0 radical (unpaired) electrons. The maximum Gasteiger partial charge on any atom is 0.137 e. The van der Waals surface area contributed by atoms with Gasteiger partial charge >= 0.3 is 0 Å². The third kappa shape index (κ3) is 5.04. The van der Waals surface area contributed by atoms with Gasteiger partial charge in [0, 0.05) is 38.6 Å². The molecule has 0 spiro atoms. The molecule has 32 heavy (non-hydrogen) atoms. The molecule has 5 nitrogen and oxygen atoms in total. The summed E-state index contributed by atoms with van der Waals surface area (Å²) in [5, 5.41) is 0. The minimum absolute atomic E-state index is 0.840. The summed E-state index contributed by atoms with van der Waals surface area (Å²) < 4.78 is 0. The smallest absolute Gasteiger partial charge is 0.137 e. The Morgan fingerprint density at radius 3 is 2.53 bits per heavy atom. The van der Waals surface area contributed by atoms with E-state index in [9.17, 15) is 0 Å². The Kier molecular flexibility index (Phi) is 6.95. The Morgan fingerprint density at radius 1 is 1.16 bits per heavy atom. The highest BCUT2D eigenvalue weighted by Gasteiger charge is 2.26. The second kappa shape index (κ2) is 9.86. The molecule has 0 N–H and O–H groups in total. The van der Waals surface area contributed by atoms with Crippen LogP contribution < -0.4 is 0 Å². The molecule has 0 aromatic heterocycles. The predicted octanol–water partition coefficient (Wildman–Crippen LogP) is 4.91. The number of amidine groups is 1. The van der Waals surface area contributed by atoms with Crippen LogP contribution in [0.5, 0.6) is 0 Å². The predicted molar refractivity (Wildman–Crippen MR) is 136 cm³/mol. The summed E-state index contributed by atoms with van der Waals surface area (Å²) >= 11 is 0. The van der Waals surface area contributed by atoms with Crippen molar-refractivity contribution in [3.63, 3.8) is 0 Å². The van der Waals surface area contributed by atoms with Gasteiger partial charge in [0.05, 0.1) is 17.1 Å². The van der Waals surface area contributed by atoms with Crippen molar-refractivity contribution in [3.05, 3.63) is 71.9 Å². The molecular weight excluding hydrogens is 394 g/mol. The Morgan fingerprint density at radius 2 is 1.88 bits per heavy atom. The van der Waals surface area contributed by atoms with Crippen LogP contribution in [0.4, 0.5) is 0 Å². The molecular formula is C27H37N5. The fraction of sp³-hybridized carbons (Fsp3) is 0.481. The minimum Gasteiger partial charge on any atom is -0.370 e. The molecule has 0 bridgehead atoms. The largest absolute Gasteiger partial charge is 0.370 e. The van der Waals surface area contributed by atoms with Crippen molar-refractivity contribution in [2.24, 2.45) is 15.9 Å². The van der Waals surface area contributed by atoms with Gasteiger partial charge in [0.25, 0.3) is 0 Å². The number of likely N-dealkylation sites (tertiary alicyclic amines) is 2. The number of rotatable bonds is 6. The number of allylic oxidation sites excluding steroid dienone is 5. The normalized spacial score (nSPS) is 23.2. The zero-order chi connectivity index (χ0) is 22.7. The molecule has 4 rings (SSSR count). The lowest BCUT2D eigenvalue weighted by molar-refractivity contribution is 0.182. The topological polar surface area (TPSA) is 34.4 Å². The molecule has 0 aromatic carbocycles. The number of hydrogen-bond acceptors (Lipinski definition) is 5. The van der Waals surface area contributed by atoms with Crippen LogP contribution in [0.3, 0.4) is 0 Å². The van der Waals surface area contributed by atoms with Crippen LogP contribution >= 0.6 is 0 Å². The van der Waals surface area contributed by atoms with E-state index < -0.39 is 0 Å². The lowest BCUT2D eigenvalue weighted by Gasteiger charge is -2.38. The first kappa shape index (κ1) is 22.5. The molecule has 2 saturated heterocycles. The highest BCUT2D eigenvalue weighted by atomic mass is 15.2. The first-order valence-electron chi connectivity index (χ1n) is 11.9. The molecule has 4 aliphatic rings. The molecule has 0 saturated carbocycles. The molecule has 0 aliphatic carbocycles. The monoisotopic (exact) mass is 431 g/mol. The van der Waals surface area contributed by atoms with Gasteiger partial charge < -0.3 is 14.7 Å². The van der Waals surface area contributed by atoms with E-state index in [1.165, 1.54) is 51.0 Å². The quantitative estimate of drug-likeness (QED) is 0.443. The number of nitrogens with zero attached hydrogens (tertiary/aromatic N) is 5. The summed E-state index contributed by atoms with van der Waals surface area (Å²) in [7, 11) is 1.80. The third-order valence-corrected chi connectivity index (χ3v) is 6.98. The van der Waals surface area contributed by atoms with E-state index in [0.717, 1.165) is 53.1 Å². The maximum atomic E-state index is 4.87. The first-order valence-corrected chi connectivity index (χ1v) is 11.9. The third-order valence-electron chi connectivity index (χ3n) is 6.98. The number of aliphatic imine (C=N–C) groups is 2. The van der Waals surface area contributed by atoms with Crippen molar-refractivity contribution in [1.29, 1.82) is 0 Å². The van der Waals surface area contributed by atoms with E-state index in [1.54, 1.807) is 7.05 Å². The summed E-state index contributed by atoms with van der Waals surface area (Å²) in [6.45, 7) is 18.5. The number of fused-ring (bicyclic) bond motifs is 1. The van der Waals surface area contributed by atoms with Gasteiger partial charge in [-0.2, -0.15) is 0 Å². The Balaban J connectivity index is 1.41. The Labute approximate surface area is 193 Å². The van der Waals surface area contributed by atoms with E-state index in [-0.39, 0.29) is 0 Å². The van der Waals surface area contributed by atoms with Gasteiger partial charge in [0.2, 0.25) is 0 Å². The van der Waals surface area contributed by atoms with E-state index >= 15 is 0 Å². The lowest BCUT2D eigenvalue weighted by Crippen LogP contribution is -2.39. The fourth-order valence-electron chi connectivity index (χ4n) is 4.79. The van der Waals surface area contributed by atoms with Gasteiger partial charge in [-0.1, -0.05) is 18.7 Å². The first-order chi connectivity index (χ1) is 15.4. The molecule has 4 heterocycles. The van der Waals surface area contributed by atoms with Crippen molar-refractivity contribution in [1.82, 2.24) is 14.7 Å². The molecule has 4 aliphatic heterocycles. The Hall–Kier alpha value is -2.66. The number of hydrogen-bond donors (Lipinski definition) is 0. The van der Waals surface area contributed by atoms with Gasteiger partial charge in [-0.3, -0.25) is 4.99 Å².